The highest BCUT2D eigenvalue weighted by Gasteiger charge is 2.36. The van der Waals surface area contributed by atoms with Gasteiger partial charge in [-0.15, -0.1) is 0 Å². The van der Waals surface area contributed by atoms with Crippen LogP contribution in [0.4, 0.5) is 24.5 Å². The van der Waals surface area contributed by atoms with Crippen molar-refractivity contribution in [2.24, 2.45) is 0 Å². The molecule has 1 rings (SSSR count). The highest BCUT2D eigenvalue weighted by molar-refractivity contribution is 5.65. The van der Waals surface area contributed by atoms with Crippen LogP contribution in [-0.4, -0.2) is 23.9 Å². The molecule has 0 amide bonds. The second-order valence-corrected chi connectivity index (χ2v) is 4.07. The summed E-state index contributed by atoms with van der Waals surface area (Å²) in [4.78, 5) is 11.4. The number of hydrogen-bond acceptors (Lipinski definition) is 4. The quantitative estimate of drug-likeness (QED) is 0.515. The van der Waals surface area contributed by atoms with Crippen LogP contribution in [0.2, 0.25) is 0 Å². The topological polar surface area (TPSA) is 72.4 Å². The molecule has 0 unspecified atom stereocenters. The Hall–Kier alpha value is -1.83. The molecule has 0 saturated heterocycles. The summed E-state index contributed by atoms with van der Waals surface area (Å²) in [6.07, 6.45) is -4.71. The van der Waals surface area contributed by atoms with Crippen LogP contribution in [0.25, 0.3) is 0 Å². The summed E-state index contributed by atoms with van der Waals surface area (Å²) < 4.78 is 38.1. The lowest BCUT2D eigenvalue weighted by Crippen LogP contribution is -2.15. The third-order valence-electron chi connectivity index (χ3n) is 2.22. The monoisotopic (exact) mass is 263 g/mol. The van der Waals surface area contributed by atoms with E-state index >= 15 is 0 Å². The summed E-state index contributed by atoms with van der Waals surface area (Å²) in [5.41, 5.74) is 2.64. The fraction of sp³-hybridized carbons (Fsp3) is 0.400. The van der Waals surface area contributed by atoms with E-state index in [0.29, 0.717) is 0 Å². The summed E-state index contributed by atoms with van der Waals surface area (Å²) in [5, 5.41) is 10.7. The standard InChI is InChI=1S/C10H12F3N3O2/c1-15(2)5-6-3-7(10(11,12)13)9(14)8(4-6)16(17)18/h3-4H,5,14H2,1-2H3. The van der Waals surface area contributed by atoms with Crippen molar-refractivity contribution in [1.29, 1.82) is 0 Å². The molecule has 0 saturated carbocycles. The molecule has 18 heavy (non-hydrogen) atoms. The van der Waals surface area contributed by atoms with Gasteiger partial charge in [0.05, 0.1) is 10.5 Å². The lowest BCUT2D eigenvalue weighted by Gasteiger charge is -2.14. The van der Waals surface area contributed by atoms with Crippen molar-refractivity contribution >= 4 is 11.4 Å². The van der Waals surface area contributed by atoms with Crippen LogP contribution in [0.3, 0.4) is 0 Å². The fourth-order valence-electron chi connectivity index (χ4n) is 1.54. The number of nitrogen functional groups attached to an aromatic ring is 1. The van der Waals surface area contributed by atoms with Crippen LogP contribution in [-0.2, 0) is 12.7 Å². The predicted octanol–water partition coefficient (Wildman–Crippen LogP) is 2.26. The first-order valence-electron chi connectivity index (χ1n) is 4.91. The zero-order valence-corrected chi connectivity index (χ0v) is 9.78. The molecule has 1 aromatic carbocycles. The van der Waals surface area contributed by atoms with Crippen LogP contribution in [0, 0.1) is 10.1 Å². The number of alkyl halides is 3. The molecular formula is C10H12F3N3O2. The van der Waals surface area contributed by atoms with Gasteiger partial charge in [0, 0.05) is 12.6 Å². The Bertz CT molecular complexity index is 472. The smallest absolute Gasteiger partial charge is 0.393 e. The van der Waals surface area contributed by atoms with Gasteiger partial charge in [-0.3, -0.25) is 10.1 Å². The van der Waals surface area contributed by atoms with Crippen LogP contribution < -0.4 is 5.73 Å². The third kappa shape index (κ3) is 3.10. The van der Waals surface area contributed by atoms with E-state index in [4.69, 9.17) is 5.73 Å². The highest BCUT2D eigenvalue weighted by Crippen LogP contribution is 2.38. The van der Waals surface area contributed by atoms with Gasteiger partial charge in [0.25, 0.3) is 5.69 Å². The molecule has 0 bridgehead atoms. The zero-order valence-electron chi connectivity index (χ0n) is 9.78. The summed E-state index contributed by atoms with van der Waals surface area (Å²) in [6, 6.07) is 1.90. The summed E-state index contributed by atoms with van der Waals surface area (Å²) in [6.45, 7) is 0.157. The Morgan fingerprint density at radius 2 is 1.94 bits per heavy atom. The summed E-state index contributed by atoms with van der Waals surface area (Å²) in [5.74, 6) is 0. The molecule has 0 spiro atoms. The van der Waals surface area contributed by atoms with Gasteiger partial charge in [0.1, 0.15) is 5.69 Å². The minimum atomic E-state index is -4.71. The molecule has 0 aliphatic rings. The molecule has 8 heteroatoms. The number of benzene rings is 1. The number of halogens is 3. The maximum absolute atomic E-state index is 12.7. The number of nitro benzene ring substituents is 1. The van der Waals surface area contributed by atoms with Gasteiger partial charge in [-0.1, -0.05) is 0 Å². The molecule has 0 aromatic heterocycles. The molecule has 2 N–H and O–H groups in total. The van der Waals surface area contributed by atoms with Gasteiger partial charge in [-0.25, -0.2) is 0 Å². The lowest BCUT2D eigenvalue weighted by molar-refractivity contribution is -0.384. The average Bonchev–Trinajstić information content (AvgIpc) is 2.17. The molecule has 0 atom stereocenters. The third-order valence-corrected chi connectivity index (χ3v) is 2.22. The normalized spacial score (nSPS) is 11.9. The van der Waals surface area contributed by atoms with Gasteiger partial charge in [-0.2, -0.15) is 13.2 Å². The van der Waals surface area contributed by atoms with Crippen molar-refractivity contribution in [1.82, 2.24) is 4.90 Å². The van der Waals surface area contributed by atoms with Crippen molar-refractivity contribution in [3.63, 3.8) is 0 Å². The van der Waals surface area contributed by atoms with E-state index < -0.39 is 28.0 Å². The van der Waals surface area contributed by atoms with Crippen molar-refractivity contribution in [2.75, 3.05) is 19.8 Å². The van der Waals surface area contributed by atoms with Gasteiger partial charge in [0.2, 0.25) is 0 Å². The SMILES string of the molecule is CN(C)Cc1cc([N+](=O)[O-])c(N)c(C(F)(F)F)c1. The minimum absolute atomic E-state index is 0.157. The molecule has 0 aliphatic heterocycles. The van der Waals surface area contributed by atoms with Crippen LogP contribution in [0.1, 0.15) is 11.1 Å². The van der Waals surface area contributed by atoms with Crippen molar-refractivity contribution < 1.29 is 18.1 Å². The number of nitrogens with zero attached hydrogens (tertiary/aromatic N) is 2. The second kappa shape index (κ2) is 4.81. The number of hydrogen-bond donors (Lipinski definition) is 1. The number of nitro groups is 1. The maximum Gasteiger partial charge on any atom is 0.418 e. The number of nitrogens with two attached hydrogens (primary N) is 1. The van der Waals surface area contributed by atoms with Gasteiger partial charge in [-0.05, 0) is 25.7 Å². The van der Waals surface area contributed by atoms with Gasteiger partial charge in [0.15, 0.2) is 0 Å². The van der Waals surface area contributed by atoms with Gasteiger partial charge < -0.3 is 10.6 Å². The molecular weight excluding hydrogens is 251 g/mol. The van der Waals surface area contributed by atoms with E-state index in [-0.39, 0.29) is 12.1 Å². The van der Waals surface area contributed by atoms with Gasteiger partial charge >= 0.3 is 6.18 Å². The Morgan fingerprint density at radius 1 is 1.39 bits per heavy atom. The van der Waals surface area contributed by atoms with E-state index in [1.807, 2.05) is 0 Å². The first kappa shape index (κ1) is 14.2. The van der Waals surface area contributed by atoms with Crippen molar-refractivity contribution in [2.45, 2.75) is 12.7 Å². The van der Waals surface area contributed by atoms with E-state index in [2.05, 4.69) is 0 Å². The van der Waals surface area contributed by atoms with E-state index in [9.17, 15) is 23.3 Å². The van der Waals surface area contributed by atoms with E-state index in [0.717, 1.165) is 12.1 Å². The van der Waals surface area contributed by atoms with Crippen LogP contribution in [0.5, 0.6) is 0 Å². The van der Waals surface area contributed by atoms with E-state index in [1.54, 1.807) is 19.0 Å². The summed E-state index contributed by atoms with van der Waals surface area (Å²) >= 11 is 0. The average molecular weight is 263 g/mol. The Labute approximate surface area is 101 Å². The first-order chi connectivity index (χ1) is 8.12. The van der Waals surface area contributed by atoms with Crippen molar-refractivity contribution in [3.05, 3.63) is 33.4 Å². The van der Waals surface area contributed by atoms with Crippen LogP contribution in [0.15, 0.2) is 12.1 Å². The predicted molar refractivity (Wildman–Crippen MR) is 59.9 cm³/mol. The molecule has 0 aliphatic carbocycles. The molecule has 0 radical (unpaired) electrons. The van der Waals surface area contributed by atoms with Crippen molar-refractivity contribution in [3.8, 4) is 0 Å². The minimum Gasteiger partial charge on any atom is -0.393 e. The molecule has 0 fully saturated rings. The molecule has 1 aromatic rings. The van der Waals surface area contributed by atoms with E-state index in [1.165, 1.54) is 0 Å². The number of anilines is 1. The largest absolute Gasteiger partial charge is 0.418 e. The fourth-order valence-corrected chi connectivity index (χ4v) is 1.54. The second-order valence-electron chi connectivity index (χ2n) is 4.07. The first-order valence-corrected chi connectivity index (χ1v) is 4.91. The summed E-state index contributed by atoms with van der Waals surface area (Å²) in [7, 11) is 3.30. The lowest BCUT2D eigenvalue weighted by atomic mass is 10.1. The number of rotatable bonds is 3. The Morgan fingerprint density at radius 3 is 2.33 bits per heavy atom. The molecule has 100 valence electrons. The molecule has 0 heterocycles. The zero-order chi connectivity index (χ0) is 14.1. The highest BCUT2D eigenvalue weighted by atomic mass is 19.4. The Balaban J connectivity index is 3.42. The molecule has 5 nitrogen and oxygen atoms in total. The van der Waals surface area contributed by atoms with Crippen LogP contribution >= 0.6 is 0 Å². The Kier molecular flexibility index (Phi) is 3.80. The maximum atomic E-state index is 12.7.